The lowest BCUT2D eigenvalue weighted by Gasteiger charge is -2.31. The van der Waals surface area contributed by atoms with Crippen molar-refractivity contribution in [3.63, 3.8) is 0 Å². The molecule has 1 aromatic carbocycles. The maximum Gasteiger partial charge on any atom is 0.389 e. The van der Waals surface area contributed by atoms with E-state index in [0.29, 0.717) is 24.5 Å². The van der Waals surface area contributed by atoms with Crippen molar-refractivity contribution in [2.24, 2.45) is 5.73 Å². The molecule has 0 aliphatic carbocycles. The molecule has 1 aliphatic heterocycles. The molecule has 0 bridgehead atoms. The van der Waals surface area contributed by atoms with Crippen molar-refractivity contribution in [1.82, 2.24) is 4.31 Å². The number of hydrogen-bond donors (Lipinski definition) is 1. The molecule has 27 heavy (non-hydrogen) atoms. The number of nitrogens with two attached hydrogens (primary N) is 1. The Bertz CT molecular complexity index is 750. The summed E-state index contributed by atoms with van der Waals surface area (Å²) in [5, 5.41) is 0.295. The quantitative estimate of drug-likeness (QED) is 0.689. The second kappa shape index (κ2) is 8.76. The standard InChI is InChI=1S/C16H20ClF3N2O4S/c17-11-3-5-13(6-4-11)27(24,25)22(10-12-2-1-9-26-12)14(15(21)23)7-8-16(18,19)20/h3-6,12,14H,1-2,7-10H2,(H2,21,23)/t12-,14-/m0/s1. The number of alkyl halides is 3. The monoisotopic (exact) mass is 428 g/mol. The Morgan fingerprint density at radius 3 is 2.44 bits per heavy atom. The predicted octanol–water partition coefficient (Wildman–Crippen LogP) is 2.71. The van der Waals surface area contributed by atoms with Gasteiger partial charge in [0.15, 0.2) is 0 Å². The van der Waals surface area contributed by atoms with Crippen LogP contribution in [-0.2, 0) is 19.6 Å². The lowest BCUT2D eigenvalue weighted by molar-refractivity contribution is -0.140. The number of hydrogen-bond acceptors (Lipinski definition) is 4. The smallest absolute Gasteiger partial charge is 0.377 e. The second-order valence-corrected chi connectivity index (χ2v) is 8.56. The van der Waals surface area contributed by atoms with Crippen LogP contribution < -0.4 is 5.73 Å². The van der Waals surface area contributed by atoms with Gasteiger partial charge < -0.3 is 10.5 Å². The molecule has 0 aromatic heterocycles. The van der Waals surface area contributed by atoms with Gasteiger partial charge in [-0.25, -0.2) is 8.42 Å². The molecule has 0 spiro atoms. The van der Waals surface area contributed by atoms with E-state index in [1.54, 1.807) is 0 Å². The molecule has 2 atom stereocenters. The zero-order valence-corrected chi connectivity index (χ0v) is 15.9. The SMILES string of the molecule is NC(=O)[C@H](CCC(F)(F)F)N(C[C@@H]1CCCO1)S(=O)(=O)c1ccc(Cl)cc1. The predicted molar refractivity (Wildman–Crippen MR) is 92.6 cm³/mol. The average molecular weight is 429 g/mol. The van der Waals surface area contributed by atoms with Gasteiger partial charge in [0.25, 0.3) is 0 Å². The molecular formula is C16H20ClF3N2O4S. The van der Waals surface area contributed by atoms with E-state index in [0.717, 1.165) is 4.31 Å². The Labute approximate surface area is 160 Å². The largest absolute Gasteiger partial charge is 0.389 e. The van der Waals surface area contributed by atoms with Gasteiger partial charge in [0.05, 0.1) is 11.0 Å². The number of sulfonamides is 1. The zero-order valence-electron chi connectivity index (χ0n) is 14.3. The van der Waals surface area contributed by atoms with Crippen molar-refractivity contribution < 1.29 is 31.1 Å². The molecule has 1 amide bonds. The van der Waals surface area contributed by atoms with Crippen LogP contribution in [0.3, 0.4) is 0 Å². The Morgan fingerprint density at radius 1 is 1.33 bits per heavy atom. The highest BCUT2D eigenvalue weighted by atomic mass is 35.5. The number of ether oxygens (including phenoxy) is 1. The molecule has 1 fully saturated rings. The first-order chi connectivity index (χ1) is 12.5. The zero-order chi connectivity index (χ0) is 20.2. The van der Waals surface area contributed by atoms with Crippen molar-refractivity contribution in [3.8, 4) is 0 Å². The summed E-state index contributed by atoms with van der Waals surface area (Å²) in [5.74, 6) is -1.14. The number of halogens is 4. The molecule has 0 saturated carbocycles. The molecule has 1 saturated heterocycles. The molecule has 2 rings (SSSR count). The summed E-state index contributed by atoms with van der Waals surface area (Å²) < 4.78 is 70.2. The molecule has 1 aliphatic rings. The van der Waals surface area contributed by atoms with Crippen LogP contribution in [0.25, 0.3) is 0 Å². The Kier molecular flexibility index (Phi) is 7.12. The van der Waals surface area contributed by atoms with Gasteiger partial charge in [-0.2, -0.15) is 17.5 Å². The van der Waals surface area contributed by atoms with Gasteiger partial charge in [-0.05, 0) is 43.5 Å². The highest BCUT2D eigenvalue weighted by Gasteiger charge is 2.39. The topological polar surface area (TPSA) is 89.7 Å². The van der Waals surface area contributed by atoms with Gasteiger partial charge in [0, 0.05) is 24.6 Å². The Hall–Kier alpha value is -1.36. The molecule has 11 heteroatoms. The first-order valence-electron chi connectivity index (χ1n) is 8.26. The fourth-order valence-corrected chi connectivity index (χ4v) is 4.64. The van der Waals surface area contributed by atoms with E-state index in [-0.39, 0.29) is 11.4 Å². The van der Waals surface area contributed by atoms with Crippen LogP contribution in [0.5, 0.6) is 0 Å². The van der Waals surface area contributed by atoms with Crippen LogP contribution in [0.1, 0.15) is 25.7 Å². The van der Waals surface area contributed by atoms with Gasteiger partial charge >= 0.3 is 6.18 Å². The minimum atomic E-state index is -4.55. The lowest BCUT2D eigenvalue weighted by Crippen LogP contribution is -2.50. The summed E-state index contributed by atoms with van der Waals surface area (Å²) in [6, 6.07) is 3.49. The third-order valence-corrected chi connectivity index (χ3v) is 6.35. The number of carbonyl (C=O) groups is 1. The molecular weight excluding hydrogens is 409 g/mol. The summed E-state index contributed by atoms with van der Waals surface area (Å²) in [5.41, 5.74) is 5.27. The van der Waals surface area contributed by atoms with Crippen molar-refractivity contribution in [1.29, 1.82) is 0 Å². The minimum Gasteiger partial charge on any atom is -0.377 e. The minimum absolute atomic E-state index is 0.192. The van der Waals surface area contributed by atoms with E-state index in [9.17, 15) is 26.4 Å². The van der Waals surface area contributed by atoms with Crippen molar-refractivity contribution in [2.45, 2.75) is 48.9 Å². The number of rotatable bonds is 8. The molecule has 2 N–H and O–H groups in total. The van der Waals surface area contributed by atoms with Crippen LogP contribution in [0.15, 0.2) is 29.2 Å². The third kappa shape index (κ3) is 6.06. The molecule has 0 radical (unpaired) electrons. The van der Waals surface area contributed by atoms with Gasteiger partial charge in [-0.3, -0.25) is 4.79 Å². The molecule has 0 unspecified atom stereocenters. The first-order valence-corrected chi connectivity index (χ1v) is 10.1. The van der Waals surface area contributed by atoms with Crippen LogP contribution in [0, 0.1) is 0 Å². The summed E-state index contributed by atoms with van der Waals surface area (Å²) in [6.45, 7) is 0.166. The van der Waals surface area contributed by atoms with Crippen LogP contribution in [-0.4, -0.2) is 50.1 Å². The third-order valence-electron chi connectivity index (χ3n) is 4.21. The summed E-state index contributed by atoms with van der Waals surface area (Å²) in [7, 11) is -4.29. The molecule has 1 heterocycles. The number of carbonyl (C=O) groups excluding carboxylic acids is 1. The molecule has 152 valence electrons. The van der Waals surface area contributed by atoms with E-state index in [1.165, 1.54) is 24.3 Å². The Balaban J connectivity index is 2.38. The van der Waals surface area contributed by atoms with Crippen molar-refractivity contribution >= 4 is 27.5 Å². The van der Waals surface area contributed by atoms with E-state index >= 15 is 0 Å². The van der Waals surface area contributed by atoms with Crippen LogP contribution in [0.4, 0.5) is 13.2 Å². The van der Waals surface area contributed by atoms with Crippen molar-refractivity contribution in [2.75, 3.05) is 13.2 Å². The molecule has 6 nitrogen and oxygen atoms in total. The summed E-state index contributed by atoms with van der Waals surface area (Å²) >= 11 is 5.76. The second-order valence-electron chi connectivity index (χ2n) is 6.24. The number of nitrogens with zero attached hydrogens (tertiary/aromatic N) is 1. The normalized spacial score (nSPS) is 19.4. The summed E-state index contributed by atoms with van der Waals surface area (Å²) in [4.78, 5) is 11.7. The van der Waals surface area contributed by atoms with E-state index in [2.05, 4.69) is 0 Å². The van der Waals surface area contributed by atoms with Gasteiger partial charge in [0.2, 0.25) is 15.9 Å². The maximum atomic E-state index is 13.0. The average Bonchev–Trinajstić information content (AvgIpc) is 3.06. The first kappa shape index (κ1) is 21.9. The van der Waals surface area contributed by atoms with E-state index in [4.69, 9.17) is 22.1 Å². The highest BCUT2D eigenvalue weighted by molar-refractivity contribution is 7.89. The number of benzene rings is 1. The number of amides is 1. The van der Waals surface area contributed by atoms with E-state index < -0.39 is 47.1 Å². The summed E-state index contributed by atoms with van der Waals surface area (Å²) in [6.07, 6.45) is -5.93. The van der Waals surface area contributed by atoms with Gasteiger partial charge in [0.1, 0.15) is 6.04 Å². The van der Waals surface area contributed by atoms with Gasteiger partial charge in [-0.1, -0.05) is 11.6 Å². The van der Waals surface area contributed by atoms with Crippen molar-refractivity contribution in [3.05, 3.63) is 29.3 Å². The van der Waals surface area contributed by atoms with Crippen LogP contribution in [0.2, 0.25) is 5.02 Å². The van der Waals surface area contributed by atoms with Crippen LogP contribution >= 0.6 is 11.6 Å². The lowest BCUT2D eigenvalue weighted by atomic mass is 10.1. The highest BCUT2D eigenvalue weighted by Crippen LogP contribution is 2.28. The van der Waals surface area contributed by atoms with E-state index in [1.807, 2.05) is 0 Å². The fourth-order valence-electron chi connectivity index (χ4n) is 2.85. The Morgan fingerprint density at radius 2 is 1.96 bits per heavy atom. The molecule has 1 aromatic rings. The maximum absolute atomic E-state index is 13.0. The van der Waals surface area contributed by atoms with Gasteiger partial charge in [-0.15, -0.1) is 0 Å². The number of primary amides is 1. The fraction of sp³-hybridized carbons (Fsp3) is 0.562.